The number of nitrogens with one attached hydrogen (secondary N) is 3. The lowest BCUT2D eigenvalue weighted by Crippen LogP contribution is -2.34. The number of piperidine rings is 1. The molecule has 2 aromatic rings. The largest absolute Gasteiger partial charge is 0.326 e. The first kappa shape index (κ1) is 22.9. The van der Waals surface area contributed by atoms with Crippen molar-refractivity contribution in [2.24, 2.45) is 11.8 Å². The van der Waals surface area contributed by atoms with Gasteiger partial charge >= 0.3 is 0 Å². The molecule has 0 saturated carbocycles. The van der Waals surface area contributed by atoms with Gasteiger partial charge in [0.15, 0.2) is 0 Å². The normalized spacial score (nSPS) is 17.0. The Kier molecular flexibility index (Phi) is 8.68. The SMILES string of the molecule is Cc1c(NC(=O)CC(C)C2CCCNC2)cccc1NC(=O)c1ccccc1.Cl. The molecule has 1 fully saturated rings. The number of hydrogen-bond donors (Lipinski definition) is 3. The van der Waals surface area contributed by atoms with Gasteiger partial charge in [0.25, 0.3) is 5.91 Å². The highest BCUT2D eigenvalue weighted by Crippen LogP contribution is 2.26. The smallest absolute Gasteiger partial charge is 0.255 e. The maximum absolute atomic E-state index is 12.6. The fourth-order valence-corrected chi connectivity index (χ4v) is 3.72. The van der Waals surface area contributed by atoms with Crippen LogP contribution in [0.25, 0.3) is 0 Å². The zero-order valence-electron chi connectivity index (χ0n) is 17.0. The number of anilines is 2. The summed E-state index contributed by atoms with van der Waals surface area (Å²) in [6.45, 7) is 6.13. The molecule has 0 aliphatic carbocycles. The second-order valence-corrected chi connectivity index (χ2v) is 7.63. The molecule has 1 aliphatic heterocycles. The highest BCUT2D eigenvalue weighted by Gasteiger charge is 2.22. The van der Waals surface area contributed by atoms with Gasteiger partial charge in [-0.15, -0.1) is 12.4 Å². The van der Waals surface area contributed by atoms with Crippen LogP contribution in [-0.2, 0) is 4.79 Å². The Morgan fingerprint density at radius 1 is 1.07 bits per heavy atom. The van der Waals surface area contributed by atoms with Crippen LogP contribution in [0.3, 0.4) is 0 Å². The van der Waals surface area contributed by atoms with Gasteiger partial charge in [0, 0.05) is 23.4 Å². The van der Waals surface area contributed by atoms with E-state index in [2.05, 4.69) is 22.9 Å². The van der Waals surface area contributed by atoms with Gasteiger partial charge in [-0.3, -0.25) is 9.59 Å². The Morgan fingerprint density at radius 3 is 2.41 bits per heavy atom. The van der Waals surface area contributed by atoms with Gasteiger partial charge in [0.2, 0.25) is 5.91 Å². The molecular formula is C23H30ClN3O2. The minimum Gasteiger partial charge on any atom is -0.326 e. The summed E-state index contributed by atoms with van der Waals surface area (Å²) in [5.74, 6) is 0.754. The summed E-state index contributed by atoms with van der Waals surface area (Å²) in [5, 5.41) is 9.37. The van der Waals surface area contributed by atoms with Crippen LogP contribution in [0.1, 0.15) is 42.1 Å². The van der Waals surface area contributed by atoms with Crippen LogP contribution in [0.4, 0.5) is 11.4 Å². The zero-order valence-corrected chi connectivity index (χ0v) is 17.9. The van der Waals surface area contributed by atoms with Gasteiger partial charge in [0.1, 0.15) is 0 Å². The number of amides is 2. The molecule has 0 radical (unpaired) electrons. The van der Waals surface area contributed by atoms with Crippen LogP contribution in [-0.4, -0.2) is 24.9 Å². The first-order chi connectivity index (χ1) is 13.5. The average Bonchev–Trinajstić information content (AvgIpc) is 2.72. The van der Waals surface area contributed by atoms with Crippen molar-refractivity contribution in [1.29, 1.82) is 0 Å². The monoisotopic (exact) mass is 415 g/mol. The predicted octanol–water partition coefficient (Wildman–Crippen LogP) is 4.63. The van der Waals surface area contributed by atoms with Crippen molar-refractivity contribution in [3.63, 3.8) is 0 Å². The quantitative estimate of drug-likeness (QED) is 0.644. The molecule has 3 N–H and O–H groups in total. The Labute approximate surface area is 179 Å². The topological polar surface area (TPSA) is 70.2 Å². The summed E-state index contributed by atoms with van der Waals surface area (Å²) in [4.78, 5) is 25.0. The molecule has 2 aromatic carbocycles. The molecule has 2 atom stereocenters. The van der Waals surface area contributed by atoms with Crippen molar-refractivity contribution in [2.45, 2.75) is 33.1 Å². The molecule has 0 aromatic heterocycles. The Balaban J connectivity index is 0.00000300. The molecule has 2 unspecified atom stereocenters. The molecule has 1 saturated heterocycles. The molecule has 156 valence electrons. The molecule has 1 aliphatic rings. The van der Waals surface area contributed by atoms with Crippen LogP contribution in [0.15, 0.2) is 48.5 Å². The molecule has 6 heteroatoms. The van der Waals surface area contributed by atoms with E-state index < -0.39 is 0 Å². The van der Waals surface area contributed by atoms with E-state index in [4.69, 9.17) is 0 Å². The van der Waals surface area contributed by atoms with E-state index in [0.29, 0.717) is 29.5 Å². The number of hydrogen-bond acceptors (Lipinski definition) is 3. The van der Waals surface area contributed by atoms with Crippen molar-refractivity contribution < 1.29 is 9.59 Å². The number of carbonyl (C=O) groups is 2. The summed E-state index contributed by atoms with van der Waals surface area (Å²) in [7, 11) is 0. The number of rotatable bonds is 6. The van der Waals surface area contributed by atoms with Gasteiger partial charge in [-0.25, -0.2) is 0 Å². The van der Waals surface area contributed by atoms with E-state index in [1.165, 1.54) is 12.8 Å². The third-order valence-electron chi connectivity index (χ3n) is 5.54. The van der Waals surface area contributed by atoms with Crippen molar-refractivity contribution in [1.82, 2.24) is 5.32 Å². The average molecular weight is 416 g/mol. The fourth-order valence-electron chi connectivity index (χ4n) is 3.72. The van der Waals surface area contributed by atoms with Gasteiger partial charge in [-0.05, 0) is 74.5 Å². The molecule has 29 heavy (non-hydrogen) atoms. The van der Waals surface area contributed by atoms with E-state index in [1.54, 1.807) is 12.1 Å². The minimum absolute atomic E-state index is 0. The Hall–Kier alpha value is -2.37. The predicted molar refractivity (Wildman–Crippen MR) is 121 cm³/mol. The molecule has 0 bridgehead atoms. The standard InChI is InChI=1S/C23H29N3O2.ClH/c1-16(19-10-7-13-24-15-19)14-22(27)25-20-11-6-12-21(17(20)2)26-23(28)18-8-4-3-5-9-18;/h3-6,8-9,11-12,16,19,24H,7,10,13-15H2,1-2H3,(H,25,27)(H,26,28);1H. The second kappa shape index (κ2) is 11.0. The summed E-state index contributed by atoms with van der Waals surface area (Å²) >= 11 is 0. The van der Waals surface area contributed by atoms with E-state index in [-0.39, 0.29) is 24.2 Å². The molecule has 0 spiro atoms. The van der Waals surface area contributed by atoms with Gasteiger partial charge in [-0.2, -0.15) is 0 Å². The Morgan fingerprint density at radius 2 is 1.76 bits per heavy atom. The number of carbonyl (C=O) groups excluding carboxylic acids is 2. The van der Waals surface area contributed by atoms with E-state index >= 15 is 0 Å². The zero-order chi connectivity index (χ0) is 19.9. The van der Waals surface area contributed by atoms with E-state index in [9.17, 15) is 9.59 Å². The van der Waals surface area contributed by atoms with Crippen LogP contribution in [0.5, 0.6) is 0 Å². The molecule has 1 heterocycles. The molecular weight excluding hydrogens is 386 g/mol. The molecule has 5 nitrogen and oxygen atoms in total. The lowest BCUT2D eigenvalue weighted by Gasteiger charge is -2.28. The van der Waals surface area contributed by atoms with Crippen LogP contribution < -0.4 is 16.0 Å². The van der Waals surface area contributed by atoms with Crippen LogP contribution in [0, 0.1) is 18.8 Å². The van der Waals surface area contributed by atoms with Crippen LogP contribution >= 0.6 is 12.4 Å². The molecule has 2 amide bonds. The lowest BCUT2D eigenvalue weighted by atomic mass is 9.85. The van der Waals surface area contributed by atoms with E-state index in [1.807, 2.05) is 43.3 Å². The first-order valence-corrected chi connectivity index (χ1v) is 10.0. The summed E-state index contributed by atoms with van der Waals surface area (Å²) in [6.07, 6.45) is 2.87. The van der Waals surface area contributed by atoms with E-state index in [0.717, 1.165) is 24.3 Å². The third-order valence-corrected chi connectivity index (χ3v) is 5.54. The minimum atomic E-state index is -0.161. The van der Waals surface area contributed by atoms with Crippen molar-refractivity contribution >= 4 is 35.6 Å². The summed E-state index contributed by atoms with van der Waals surface area (Å²) in [5.41, 5.74) is 2.90. The van der Waals surface area contributed by atoms with Crippen molar-refractivity contribution in [3.8, 4) is 0 Å². The van der Waals surface area contributed by atoms with Gasteiger partial charge in [-0.1, -0.05) is 31.2 Å². The first-order valence-electron chi connectivity index (χ1n) is 10.0. The third kappa shape index (κ3) is 6.31. The van der Waals surface area contributed by atoms with Gasteiger partial charge < -0.3 is 16.0 Å². The van der Waals surface area contributed by atoms with Crippen molar-refractivity contribution in [2.75, 3.05) is 23.7 Å². The maximum atomic E-state index is 12.6. The number of halogens is 1. The summed E-state index contributed by atoms with van der Waals surface area (Å²) < 4.78 is 0. The van der Waals surface area contributed by atoms with Gasteiger partial charge in [0.05, 0.1) is 0 Å². The van der Waals surface area contributed by atoms with Crippen LogP contribution in [0.2, 0.25) is 0 Å². The number of benzene rings is 2. The molecule has 3 rings (SSSR count). The Bertz CT molecular complexity index is 820. The van der Waals surface area contributed by atoms with Crippen molar-refractivity contribution in [3.05, 3.63) is 59.7 Å². The lowest BCUT2D eigenvalue weighted by molar-refractivity contribution is -0.117. The highest BCUT2D eigenvalue weighted by atomic mass is 35.5. The fraction of sp³-hybridized carbons (Fsp3) is 0.391. The maximum Gasteiger partial charge on any atom is 0.255 e. The summed E-state index contributed by atoms with van der Waals surface area (Å²) in [6, 6.07) is 14.7. The second-order valence-electron chi connectivity index (χ2n) is 7.63. The highest BCUT2D eigenvalue weighted by molar-refractivity contribution is 6.05.